The van der Waals surface area contributed by atoms with Gasteiger partial charge in [0.05, 0.1) is 33.5 Å². The first-order chi connectivity index (χ1) is 36.4. The molecule has 22 heteroatoms. The minimum absolute atomic E-state index is 0. The minimum Gasteiger partial charge on any atom is -0.412 e. The molecule has 10 rings (SSSR count). The van der Waals surface area contributed by atoms with E-state index in [4.69, 9.17) is 33.5 Å². The predicted octanol–water partition coefficient (Wildman–Crippen LogP) is 7.81. The fraction of sp³-hybridized carbons (Fsp3) is 0.107. The number of nitrogens with zero attached hydrogens (tertiary/aromatic N) is 6. The van der Waals surface area contributed by atoms with Gasteiger partial charge in [0.25, 0.3) is 11.8 Å². The number of sulfonamides is 2. The van der Waals surface area contributed by atoms with E-state index in [9.17, 15) is 26.4 Å². The van der Waals surface area contributed by atoms with Crippen molar-refractivity contribution in [2.75, 3.05) is 10.0 Å². The second-order valence-electron chi connectivity index (χ2n) is 17.2. The number of hydrogen-bond acceptors (Lipinski definition) is 12. The molecule has 18 nitrogen and oxygen atoms in total. The van der Waals surface area contributed by atoms with Crippen LogP contribution in [0.1, 0.15) is 67.9 Å². The van der Waals surface area contributed by atoms with Gasteiger partial charge in [-0.05, 0) is 157 Å². The van der Waals surface area contributed by atoms with Crippen LogP contribution in [-0.2, 0) is 32.9 Å². The number of hydrazine groups is 2. The monoisotopic (exact) mass is 1130 g/mol. The zero-order chi connectivity index (χ0) is 54.2. The lowest BCUT2D eigenvalue weighted by Crippen LogP contribution is -2.45. The number of carbonyl (C=O) groups is 2. The number of primary sulfonamides is 2. The summed E-state index contributed by atoms with van der Waals surface area (Å²) in [5.41, 5.74) is 14.7. The maximum Gasteiger partial charge on any atom is 0.269 e. The minimum atomic E-state index is -4.00. The van der Waals surface area contributed by atoms with Gasteiger partial charge in [-0.2, -0.15) is 0 Å². The summed E-state index contributed by atoms with van der Waals surface area (Å²) in [6, 6.07) is 39.5. The highest BCUT2D eigenvalue weighted by Crippen LogP contribution is 2.32. The third-order valence-corrected chi connectivity index (χ3v) is 14.4. The van der Waals surface area contributed by atoms with Crippen LogP contribution < -0.4 is 31.1 Å². The van der Waals surface area contributed by atoms with Crippen LogP contribution in [-0.4, -0.2) is 71.6 Å². The molecule has 6 heterocycles. The topological polar surface area (TPSA) is 300 Å². The zero-order valence-electron chi connectivity index (χ0n) is 42.1. The van der Waals surface area contributed by atoms with E-state index in [0.29, 0.717) is 0 Å². The molecule has 0 saturated carbocycles. The smallest absolute Gasteiger partial charge is 0.269 e. The number of anilines is 2. The number of amides is 2. The van der Waals surface area contributed by atoms with E-state index in [1.165, 1.54) is 36.4 Å². The zero-order valence-corrected chi connectivity index (χ0v) is 45.2. The number of carbonyl (C=O) groups excluding carboxylic acids is 2. The Balaban J connectivity index is 0.000000196. The van der Waals surface area contributed by atoms with Crippen LogP contribution >= 0.6 is 23.2 Å². The van der Waals surface area contributed by atoms with Crippen LogP contribution in [0.5, 0.6) is 0 Å². The summed E-state index contributed by atoms with van der Waals surface area (Å²) in [7, 11) is -8.00. The van der Waals surface area contributed by atoms with Crippen LogP contribution in [0.25, 0.3) is 24.3 Å². The van der Waals surface area contributed by atoms with E-state index >= 15 is 0 Å². The van der Waals surface area contributed by atoms with Gasteiger partial charge in [-0.3, -0.25) is 50.4 Å². The van der Waals surface area contributed by atoms with Crippen molar-refractivity contribution in [3.05, 3.63) is 238 Å². The molecular formula is C56H56Cl2N10O8S2. The Bertz CT molecular complexity index is 3250. The molecule has 0 aliphatic carbocycles. The molecule has 0 radical (unpaired) electrons. The number of halogens is 2. The molecule has 4 aromatic carbocycles. The summed E-state index contributed by atoms with van der Waals surface area (Å²) < 4.78 is 46.2. The number of pyridine rings is 4. The van der Waals surface area contributed by atoms with E-state index in [-0.39, 0.29) is 54.0 Å². The SMILES string of the molecule is C(=C\c1ccncc1)/c1ccncc1.C(=C\c1ccncc1)/c1ccncc1.C[C@@H]1Cc2ccccc2N1NC(=O)c1ccc(Cl)c(S(N)(=O)=O)c1.C[C@H]1Cc2ccccc2N1NC(=O)c1ccc(Cl)c(S(N)(=O)=O)c1.O.O. The fourth-order valence-corrected chi connectivity index (χ4v) is 9.97. The van der Waals surface area contributed by atoms with Gasteiger partial charge >= 0.3 is 0 Å². The Kier molecular flexibility index (Phi) is 22.0. The number of nitrogens with one attached hydrogen (secondary N) is 2. The molecule has 10 N–H and O–H groups in total. The van der Waals surface area contributed by atoms with E-state index in [1.807, 2.05) is 111 Å². The number of hydrogen-bond donors (Lipinski definition) is 4. The highest BCUT2D eigenvalue weighted by Gasteiger charge is 2.29. The predicted molar refractivity (Wildman–Crippen MR) is 307 cm³/mol. The van der Waals surface area contributed by atoms with Gasteiger partial charge in [0.1, 0.15) is 9.79 Å². The van der Waals surface area contributed by atoms with Crippen molar-refractivity contribution in [2.24, 2.45) is 10.3 Å². The molecule has 4 aromatic heterocycles. The Morgan fingerprint density at radius 3 is 1.05 bits per heavy atom. The standard InChI is InChI=1S/2C16H16ClN3O3S.2C12H10N2.2H2O/c2*1-10-8-11-4-2-3-5-14(11)20(10)19-16(21)12-6-7-13(17)15(9-12)24(18,22)23;2*1(11-3-7-13-8-4-11)2-12-5-9-14-10-6-12;;/h2*2-7,9-10H,8H2,1H3,(H,19,21)(H2,18,22,23);2*1-10H;2*1H2/b;;2*2-1+;;/t2*10-;;;;/m10..../s1. The highest BCUT2D eigenvalue weighted by atomic mass is 35.5. The fourth-order valence-electron chi connectivity index (χ4n) is 7.83. The molecule has 0 spiro atoms. The molecule has 2 aliphatic heterocycles. The van der Waals surface area contributed by atoms with Crippen LogP contribution in [0, 0.1) is 0 Å². The van der Waals surface area contributed by atoms with E-state index in [1.54, 1.807) is 59.6 Å². The van der Waals surface area contributed by atoms with Gasteiger partial charge in [0.15, 0.2) is 0 Å². The van der Waals surface area contributed by atoms with E-state index in [0.717, 1.165) is 57.6 Å². The first kappa shape index (κ1) is 60.7. The number of fused-ring (bicyclic) bond motifs is 2. The van der Waals surface area contributed by atoms with Crippen LogP contribution in [0.4, 0.5) is 11.4 Å². The summed E-state index contributed by atoms with van der Waals surface area (Å²) >= 11 is 11.7. The highest BCUT2D eigenvalue weighted by molar-refractivity contribution is 7.89. The third-order valence-electron chi connectivity index (χ3n) is 11.6. The molecule has 2 atom stereocenters. The molecule has 0 saturated heterocycles. The normalized spacial score (nSPS) is 14.1. The molecule has 404 valence electrons. The molecule has 0 unspecified atom stereocenters. The van der Waals surface area contributed by atoms with Gasteiger partial charge in [0.2, 0.25) is 20.0 Å². The Labute approximate surface area is 462 Å². The van der Waals surface area contributed by atoms with Crippen molar-refractivity contribution < 1.29 is 37.4 Å². The average molecular weight is 1130 g/mol. The maximum absolute atomic E-state index is 12.5. The molecular weight excluding hydrogens is 1080 g/mol. The number of benzene rings is 4. The van der Waals surface area contributed by atoms with Gasteiger partial charge < -0.3 is 11.0 Å². The summed E-state index contributed by atoms with van der Waals surface area (Å²) in [4.78, 5) is 40.3. The largest absolute Gasteiger partial charge is 0.412 e. The Morgan fingerprint density at radius 2 is 0.769 bits per heavy atom. The van der Waals surface area contributed by atoms with Crippen molar-refractivity contribution in [1.29, 1.82) is 0 Å². The van der Waals surface area contributed by atoms with Gasteiger partial charge in [-0.25, -0.2) is 27.1 Å². The first-order valence-electron chi connectivity index (χ1n) is 23.4. The second-order valence-corrected chi connectivity index (χ2v) is 21.0. The third kappa shape index (κ3) is 16.9. The van der Waals surface area contributed by atoms with Crippen LogP contribution in [0.3, 0.4) is 0 Å². The number of aromatic nitrogens is 4. The lowest BCUT2D eigenvalue weighted by atomic mass is 10.1. The van der Waals surface area contributed by atoms with E-state index in [2.05, 4.69) is 55.1 Å². The van der Waals surface area contributed by atoms with Gasteiger partial charge in [-0.15, -0.1) is 0 Å². The summed E-state index contributed by atoms with van der Waals surface area (Å²) in [6.45, 7) is 4.00. The molecule has 0 bridgehead atoms. The number of rotatable bonds is 10. The Hall–Kier alpha value is -8.18. The molecule has 2 amide bonds. The lowest BCUT2D eigenvalue weighted by Gasteiger charge is -2.25. The van der Waals surface area contributed by atoms with Crippen LogP contribution in [0.15, 0.2) is 193 Å². The first-order valence-corrected chi connectivity index (χ1v) is 27.3. The van der Waals surface area contributed by atoms with Crippen molar-refractivity contribution in [1.82, 2.24) is 30.8 Å². The van der Waals surface area contributed by atoms with Crippen molar-refractivity contribution >= 4 is 90.7 Å². The molecule has 8 aromatic rings. The summed E-state index contributed by atoms with van der Waals surface area (Å²) in [5.74, 6) is -0.861. The van der Waals surface area contributed by atoms with Gasteiger partial charge in [0, 0.05) is 60.7 Å². The van der Waals surface area contributed by atoms with Gasteiger partial charge in [-0.1, -0.05) is 83.9 Å². The van der Waals surface area contributed by atoms with Crippen molar-refractivity contribution in [3.63, 3.8) is 0 Å². The molecule has 78 heavy (non-hydrogen) atoms. The number of nitrogens with two attached hydrogens (primary N) is 2. The second kappa shape index (κ2) is 28.3. The summed E-state index contributed by atoms with van der Waals surface area (Å²) in [6.07, 6.45) is 24.1. The lowest BCUT2D eigenvalue weighted by molar-refractivity contribution is 0.0938. The van der Waals surface area contributed by atoms with Crippen LogP contribution in [0.2, 0.25) is 10.0 Å². The average Bonchev–Trinajstić information content (AvgIpc) is 3.94. The maximum atomic E-state index is 12.5. The number of para-hydroxylation sites is 2. The van der Waals surface area contributed by atoms with Crippen molar-refractivity contribution in [3.8, 4) is 0 Å². The van der Waals surface area contributed by atoms with E-state index < -0.39 is 31.9 Å². The Morgan fingerprint density at radius 1 is 0.487 bits per heavy atom. The van der Waals surface area contributed by atoms with Crippen molar-refractivity contribution in [2.45, 2.75) is 48.6 Å². The molecule has 2 aliphatic rings. The molecule has 0 fully saturated rings. The quantitative estimate of drug-likeness (QED) is 0.102. The summed E-state index contributed by atoms with van der Waals surface area (Å²) in [5, 5.41) is 13.8.